The minimum absolute atomic E-state index is 0.0277. The predicted octanol–water partition coefficient (Wildman–Crippen LogP) is -0.918. The van der Waals surface area contributed by atoms with Gasteiger partial charge < -0.3 is 51.1 Å². The van der Waals surface area contributed by atoms with E-state index in [0.29, 0.717) is 12.8 Å². The number of carbonyl (C=O) groups is 2. The minimum atomic E-state index is -1.11. The first-order chi connectivity index (χ1) is 15.9. The van der Waals surface area contributed by atoms with Gasteiger partial charge >= 0.3 is 11.9 Å². The van der Waals surface area contributed by atoms with Crippen LogP contribution in [0.2, 0.25) is 0 Å². The molecule has 0 aliphatic carbocycles. The third kappa shape index (κ3) is 26.1. The first-order valence-electron chi connectivity index (χ1n) is 10.3. The van der Waals surface area contributed by atoms with Gasteiger partial charge in [0.15, 0.2) is 0 Å². The second-order valence-electron chi connectivity index (χ2n) is 7.12. The topological polar surface area (TPSA) is 236 Å². The highest BCUT2D eigenvalue weighted by Gasteiger charge is 2.14. The van der Waals surface area contributed by atoms with Crippen molar-refractivity contribution in [1.82, 2.24) is 0 Å². The lowest BCUT2D eigenvalue weighted by Crippen LogP contribution is -2.20. The van der Waals surface area contributed by atoms with Gasteiger partial charge in [-0.3, -0.25) is 0 Å². The van der Waals surface area contributed by atoms with Crippen LogP contribution in [-0.4, -0.2) is 116 Å². The summed E-state index contributed by atoms with van der Waals surface area (Å²) in [6, 6.07) is 4.17. The second-order valence-corrected chi connectivity index (χ2v) is 7.12. The van der Waals surface area contributed by atoms with E-state index < -0.39 is 11.9 Å². The second kappa shape index (κ2) is 27.1. The Balaban J connectivity index is -0.000000183. The van der Waals surface area contributed by atoms with Crippen LogP contribution in [0.4, 0.5) is 0 Å². The van der Waals surface area contributed by atoms with E-state index in [1.165, 1.54) is 25.1 Å². The molecule has 12 nitrogen and oxygen atoms in total. The molecular formula is C22H42O12. The molecule has 0 unspecified atom stereocenters. The zero-order valence-electron chi connectivity index (χ0n) is 20.1. The molecule has 0 aliphatic heterocycles. The summed E-state index contributed by atoms with van der Waals surface area (Å²) >= 11 is 0. The summed E-state index contributed by atoms with van der Waals surface area (Å²) in [4.78, 5) is 21.2. The van der Waals surface area contributed by atoms with Crippen molar-refractivity contribution >= 4 is 11.9 Å². The van der Waals surface area contributed by atoms with Gasteiger partial charge in [-0.05, 0) is 37.5 Å². The first kappa shape index (κ1) is 39.1. The van der Waals surface area contributed by atoms with Crippen molar-refractivity contribution < 1.29 is 60.7 Å². The smallest absolute Gasteiger partial charge is 0.335 e. The zero-order chi connectivity index (χ0) is 27.6. The van der Waals surface area contributed by atoms with Gasteiger partial charge in [0.2, 0.25) is 0 Å². The van der Waals surface area contributed by atoms with E-state index >= 15 is 0 Å². The Hall–Kier alpha value is -2.16. The van der Waals surface area contributed by atoms with Crippen molar-refractivity contribution in [1.29, 1.82) is 0 Å². The molecule has 0 amide bonds. The Morgan fingerprint density at radius 3 is 1.06 bits per heavy atom. The minimum Gasteiger partial charge on any atom is -0.478 e. The Morgan fingerprint density at radius 2 is 0.941 bits per heavy atom. The molecule has 0 saturated carbocycles. The highest BCUT2D eigenvalue weighted by Crippen LogP contribution is 2.13. The number of aliphatic hydroxyl groups is 8. The fraction of sp³-hybridized carbons (Fsp3) is 0.636. The Morgan fingerprint density at radius 1 is 0.647 bits per heavy atom. The maximum absolute atomic E-state index is 10.6. The monoisotopic (exact) mass is 498 g/mol. The van der Waals surface area contributed by atoms with Crippen molar-refractivity contribution in [2.75, 3.05) is 52.9 Å². The summed E-state index contributed by atoms with van der Waals surface area (Å²) in [5.74, 6) is -2.22. The van der Waals surface area contributed by atoms with E-state index in [4.69, 9.17) is 51.1 Å². The van der Waals surface area contributed by atoms with Gasteiger partial charge in [-0.1, -0.05) is 19.9 Å². The van der Waals surface area contributed by atoms with Crippen LogP contribution in [0.1, 0.15) is 53.0 Å². The molecule has 10 N–H and O–H groups in total. The molecule has 1 aromatic carbocycles. The molecule has 0 aromatic heterocycles. The van der Waals surface area contributed by atoms with Crippen LogP contribution in [0.5, 0.6) is 0 Å². The van der Waals surface area contributed by atoms with Crippen molar-refractivity contribution in [3.8, 4) is 0 Å². The van der Waals surface area contributed by atoms with Gasteiger partial charge in [0.1, 0.15) is 0 Å². The number of carboxylic acid groups (broad SMARTS) is 2. The lowest BCUT2D eigenvalue weighted by Gasteiger charge is -2.16. The number of aromatic carboxylic acids is 2. The third-order valence-electron chi connectivity index (χ3n) is 3.38. The van der Waals surface area contributed by atoms with Gasteiger partial charge in [-0.2, -0.15) is 0 Å². The van der Waals surface area contributed by atoms with E-state index in [0.717, 1.165) is 0 Å². The fourth-order valence-corrected chi connectivity index (χ4v) is 1.29. The molecule has 0 bridgehead atoms. The molecule has 0 spiro atoms. The van der Waals surface area contributed by atoms with Gasteiger partial charge in [0, 0.05) is 31.8 Å². The van der Waals surface area contributed by atoms with E-state index in [1.54, 1.807) is 13.8 Å². The van der Waals surface area contributed by atoms with Crippen LogP contribution >= 0.6 is 0 Å². The van der Waals surface area contributed by atoms with E-state index in [-0.39, 0.29) is 75.0 Å². The van der Waals surface area contributed by atoms with Crippen molar-refractivity contribution in [2.45, 2.75) is 33.6 Å². The van der Waals surface area contributed by atoms with Gasteiger partial charge in [-0.25, -0.2) is 9.59 Å². The van der Waals surface area contributed by atoms with Crippen molar-refractivity contribution in [2.24, 2.45) is 5.41 Å². The Kier molecular flexibility index (Phi) is 31.1. The largest absolute Gasteiger partial charge is 0.478 e. The van der Waals surface area contributed by atoms with Gasteiger partial charge in [0.05, 0.1) is 37.6 Å². The van der Waals surface area contributed by atoms with Crippen LogP contribution < -0.4 is 0 Å². The lowest BCUT2D eigenvalue weighted by atomic mass is 9.97. The van der Waals surface area contributed by atoms with Crippen molar-refractivity contribution in [3.05, 3.63) is 34.9 Å². The molecule has 0 radical (unpaired) electrons. The molecule has 1 rings (SSSR count). The quantitative estimate of drug-likeness (QED) is 0.199. The summed E-state index contributed by atoms with van der Waals surface area (Å²) in [6.45, 7) is 5.29. The van der Waals surface area contributed by atoms with E-state index in [1.807, 2.05) is 0 Å². The van der Waals surface area contributed by atoms with Gasteiger partial charge in [0.25, 0.3) is 0 Å². The van der Waals surface area contributed by atoms with Crippen LogP contribution in [0.15, 0.2) is 18.2 Å². The normalized spacial score (nSPS) is 9.50. The summed E-state index contributed by atoms with van der Waals surface area (Å²) < 4.78 is 0. The first-order valence-corrected chi connectivity index (χ1v) is 10.3. The summed E-state index contributed by atoms with van der Waals surface area (Å²) in [6.07, 6.45) is 1.00. The average Bonchev–Trinajstić information content (AvgIpc) is 2.81. The molecular weight excluding hydrogens is 456 g/mol. The molecule has 0 saturated heterocycles. The summed E-state index contributed by atoms with van der Waals surface area (Å²) in [5.41, 5.74) is 0.0299. The van der Waals surface area contributed by atoms with Crippen LogP contribution in [0.3, 0.4) is 0 Å². The SMILES string of the molecule is CC(C)(CO)CO.Cc1c(C(=O)O)cccc1C(=O)O.OCCCO.OCCCO.OCCO. The number of carboxylic acids is 2. The predicted molar refractivity (Wildman–Crippen MR) is 125 cm³/mol. The van der Waals surface area contributed by atoms with Crippen LogP contribution in [-0.2, 0) is 0 Å². The standard InChI is InChI=1S/C9H8O4.C5H12O2.2C3H8O2.C2H6O2/c1-5-6(8(10)11)3-2-4-7(5)9(12)13;1-5(2,3-6)4-7;2*4-2-1-3-5;3-1-2-4/h2-4H,1H3,(H,10,11)(H,12,13);6-7H,3-4H2,1-2H3;2*4-5H,1-3H2;3-4H,1-2H2. The highest BCUT2D eigenvalue weighted by atomic mass is 16.4. The summed E-state index contributed by atoms with van der Waals surface area (Å²) in [7, 11) is 0. The molecule has 202 valence electrons. The third-order valence-corrected chi connectivity index (χ3v) is 3.38. The number of benzene rings is 1. The number of aliphatic hydroxyl groups excluding tert-OH is 8. The molecule has 0 heterocycles. The summed E-state index contributed by atoms with van der Waals surface area (Å²) in [5, 5.41) is 81.1. The van der Waals surface area contributed by atoms with Crippen LogP contribution in [0, 0.1) is 12.3 Å². The highest BCUT2D eigenvalue weighted by molar-refractivity contribution is 5.96. The zero-order valence-corrected chi connectivity index (χ0v) is 20.1. The maximum atomic E-state index is 10.6. The number of hydrogen-bond donors (Lipinski definition) is 10. The molecule has 34 heavy (non-hydrogen) atoms. The lowest BCUT2D eigenvalue weighted by molar-refractivity contribution is 0.0696. The Bertz CT molecular complexity index is 555. The molecule has 1 aromatic rings. The molecule has 12 heteroatoms. The van der Waals surface area contributed by atoms with Crippen molar-refractivity contribution in [3.63, 3.8) is 0 Å². The molecule has 0 fully saturated rings. The number of hydrogen-bond acceptors (Lipinski definition) is 10. The number of rotatable bonds is 9. The van der Waals surface area contributed by atoms with Gasteiger partial charge in [-0.15, -0.1) is 0 Å². The van der Waals surface area contributed by atoms with E-state index in [2.05, 4.69) is 0 Å². The Labute approximate surface area is 200 Å². The van der Waals surface area contributed by atoms with E-state index in [9.17, 15) is 9.59 Å². The van der Waals surface area contributed by atoms with Crippen LogP contribution in [0.25, 0.3) is 0 Å². The average molecular weight is 499 g/mol. The molecule has 0 aliphatic rings. The fourth-order valence-electron chi connectivity index (χ4n) is 1.29. The maximum Gasteiger partial charge on any atom is 0.335 e. The molecule has 0 atom stereocenters.